The number of nitro groups is 1. The monoisotopic (exact) mass is 263 g/mol. The number of non-ortho nitro benzene ring substituents is 1. The average Bonchev–Trinajstić information content (AvgIpc) is 2.41. The highest BCUT2D eigenvalue weighted by atomic mass is 16.6. The Morgan fingerprint density at radius 1 is 1.37 bits per heavy atom. The van der Waals surface area contributed by atoms with Gasteiger partial charge in [0.2, 0.25) is 5.91 Å². The van der Waals surface area contributed by atoms with Gasteiger partial charge in [0.1, 0.15) is 0 Å². The van der Waals surface area contributed by atoms with Crippen LogP contribution in [-0.4, -0.2) is 30.0 Å². The Morgan fingerprint density at radius 2 is 2.11 bits per heavy atom. The summed E-state index contributed by atoms with van der Waals surface area (Å²) in [6.07, 6.45) is 2.62. The molecule has 0 spiro atoms. The number of rotatable bonds is 5. The van der Waals surface area contributed by atoms with Gasteiger partial charge in [-0.2, -0.15) is 0 Å². The molecule has 0 bridgehead atoms. The predicted molar refractivity (Wildman–Crippen MR) is 70.8 cm³/mol. The zero-order chi connectivity index (χ0) is 13.7. The van der Waals surface area contributed by atoms with Crippen molar-refractivity contribution < 1.29 is 9.72 Å². The molecule has 1 aromatic rings. The van der Waals surface area contributed by atoms with Gasteiger partial charge in [-0.1, -0.05) is 12.1 Å². The number of benzene rings is 1. The molecular formula is C13H17N3O3. The van der Waals surface area contributed by atoms with Crippen LogP contribution in [0.15, 0.2) is 24.3 Å². The van der Waals surface area contributed by atoms with E-state index in [9.17, 15) is 14.9 Å². The molecule has 1 aliphatic heterocycles. The van der Waals surface area contributed by atoms with Gasteiger partial charge in [-0.05, 0) is 31.4 Å². The second-order valence-corrected chi connectivity index (χ2v) is 4.61. The van der Waals surface area contributed by atoms with Crippen LogP contribution >= 0.6 is 0 Å². The molecule has 2 N–H and O–H groups in total. The van der Waals surface area contributed by atoms with Crippen LogP contribution in [0.2, 0.25) is 0 Å². The Morgan fingerprint density at radius 3 is 2.74 bits per heavy atom. The predicted octanol–water partition coefficient (Wildman–Crippen LogP) is 1.01. The first-order chi connectivity index (χ1) is 9.16. The summed E-state index contributed by atoms with van der Waals surface area (Å²) < 4.78 is 0. The Labute approximate surface area is 111 Å². The summed E-state index contributed by atoms with van der Waals surface area (Å²) in [5.74, 6) is 0.0648. The lowest BCUT2D eigenvalue weighted by Crippen LogP contribution is -2.48. The Balaban J connectivity index is 1.79. The maximum Gasteiger partial charge on any atom is 0.269 e. The molecule has 1 atom stereocenters. The quantitative estimate of drug-likeness (QED) is 0.613. The zero-order valence-corrected chi connectivity index (χ0v) is 10.6. The third-order valence-electron chi connectivity index (χ3n) is 3.24. The molecule has 1 unspecified atom stereocenters. The second-order valence-electron chi connectivity index (χ2n) is 4.61. The molecule has 2 rings (SSSR count). The molecule has 1 heterocycles. The third kappa shape index (κ3) is 3.75. The second kappa shape index (κ2) is 6.29. The van der Waals surface area contributed by atoms with E-state index in [-0.39, 0.29) is 17.6 Å². The van der Waals surface area contributed by atoms with E-state index in [1.165, 1.54) is 12.1 Å². The summed E-state index contributed by atoms with van der Waals surface area (Å²) in [6, 6.07) is 6.40. The topological polar surface area (TPSA) is 84.3 Å². The minimum absolute atomic E-state index is 0.0648. The molecule has 1 aliphatic rings. The Hall–Kier alpha value is -1.95. The number of nitrogens with one attached hydrogen (secondary N) is 2. The number of piperidine rings is 1. The average molecular weight is 263 g/mol. The van der Waals surface area contributed by atoms with Crippen molar-refractivity contribution in [1.29, 1.82) is 0 Å². The molecule has 1 saturated heterocycles. The standard InChI is InChI=1S/C13H17N3O3/c17-13-12(2-1-8-15-13)14-9-7-10-3-5-11(6-4-10)16(18)19/h3-6,12,14H,1-2,7-9H2,(H,15,17). The number of carbonyl (C=O) groups is 1. The molecule has 0 aromatic heterocycles. The number of carbonyl (C=O) groups excluding carboxylic acids is 1. The van der Waals surface area contributed by atoms with Crippen LogP contribution in [0.4, 0.5) is 5.69 Å². The lowest BCUT2D eigenvalue weighted by molar-refractivity contribution is -0.384. The van der Waals surface area contributed by atoms with E-state index in [0.717, 1.165) is 31.4 Å². The maximum absolute atomic E-state index is 11.5. The molecule has 1 amide bonds. The number of nitrogens with zero attached hydrogens (tertiary/aromatic N) is 1. The van der Waals surface area contributed by atoms with Gasteiger partial charge in [-0.25, -0.2) is 0 Å². The highest BCUT2D eigenvalue weighted by Gasteiger charge is 2.20. The lowest BCUT2D eigenvalue weighted by atomic mass is 10.1. The van der Waals surface area contributed by atoms with Crippen molar-refractivity contribution in [3.8, 4) is 0 Å². The van der Waals surface area contributed by atoms with Gasteiger partial charge in [0.05, 0.1) is 11.0 Å². The van der Waals surface area contributed by atoms with E-state index < -0.39 is 4.92 Å². The fourth-order valence-corrected chi connectivity index (χ4v) is 2.14. The van der Waals surface area contributed by atoms with E-state index in [1.807, 2.05) is 0 Å². The first kappa shape index (κ1) is 13.5. The summed E-state index contributed by atoms with van der Waals surface area (Å²) in [5, 5.41) is 16.6. The number of hydrogen-bond acceptors (Lipinski definition) is 4. The van der Waals surface area contributed by atoms with E-state index in [4.69, 9.17) is 0 Å². The lowest BCUT2D eigenvalue weighted by Gasteiger charge is -2.22. The molecule has 0 aliphatic carbocycles. The van der Waals surface area contributed by atoms with Crippen molar-refractivity contribution in [3.05, 3.63) is 39.9 Å². The Bertz CT molecular complexity index is 459. The normalized spacial score (nSPS) is 18.9. The van der Waals surface area contributed by atoms with Gasteiger partial charge in [0.15, 0.2) is 0 Å². The van der Waals surface area contributed by atoms with Crippen LogP contribution in [-0.2, 0) is 11.2 Å². The SMILES string of the molecule is O=C1NCCCC1NCCc1ccc([N+](=O)[O-])cc1. The minimum atomic E-state index is -0.408. The molecule has 6 nitrogen and oxygen atoms in total. The fraction of sp³-hybridized carbons (Fsp3) is 0.462. The van der Waals surface area contributed by atoms with Crippen molar-refractivity contribution in [2.75, 3.05) is 13.1 Å². The molecule has 1 fully saturated rings. The van der Waals surface area contributed by atoms with Crippen LogP contribution in [0.3, 0.4) is 0 Å². The van der Waals surface area contributed by atoms with Crippen molar-refractivity contribution in [1.82, 2.24) is 10.6 Å². The molecule has 0 radical (unpaired) electrons. The van der Waals surface area contributed by atoms with E-state index >= 15 is 0 Å². The molecule has 6 heteroatoms. The highest BCUT2D eigenvalue weighted by Crippen LogP contribution is 2.12. The van der Waals surface area contributed by atoms with Crippen LogP contribution in [0.5, 0.6) is 0 Å². The number of hydrogen-bond donors (Lipinski definition) is 2. The van der Waals surface area contributed by atoms with Gasteiger partial charge in [0.25, 0.3) is 5.69 Å². The van der Waals surface area contributed by atoms with E-state index in [0.29, 0.717) is 6.54 Å². The summed E-state index contributed by atoms with van der Waals surface area (Å²) in [7, 11) is 0. The van der Waals surface area contributed by atoms with Crippen molar-refractivity contribution in [2.24, 2.45) is 0 Å². The highest BCUT2D eigenvalue weighted by molar-refractivity contribution is 5.82. The van der Waals surface area contributed by atoms with Gasteiger partial charge in [0, 0.05) is 18.7 Å². The summed E-state index contributed by atoms with van der Waals surface area (Å²) in [4.78, 5) is 21.6. The summed E-state index contributed by atoms with van der Waals surface area (Å²) >= 11 is 0. The largest absolute Gasteiger partial charge is 0.355 e. The molecule has 102 valence electrons. The first-order valence-electron chi connectivity index (χ1n) is 6.41. The smallest absolute Gasteiger partial charge is 0.269 e. The van der Waals surface area contributed by atoms with Crippen molar-refractivity contribution >= 4 is 11.6 Å². The van der Waals surface area contributed by atoms with Crippen LogP contribution in [0, 0.1) is 10.1 Å². The van der Waals surface area contributed by atoms with Crippen LogP contribution in [0.1, 0.15) is 18.4 Å². The van der Waals surface area contributed by atoms with Gasteiger partial charge < -0.3 is 10.6 Å². The molecule has 1 aromatic carbocycles. The third-order valence-corrected chi connectivity index (χ3v) is 3.24. The van der Waals surface area contributed by atoms with Gasteiger partial charge >= 0.3 is 0 Å². The van der Waals surface area contributed by atoms with Crippen LogP contribution in [0.25, 0.3) is 0 Å². The summed E-state index contributed by atoms with van der Waals surface area (Å²) in [6.45, 7) is 1.45. The van der Waals surface area contributed by atoms with Gasteiger partial charge in [-0.3, -0.25) is 14.9 Å². The van der Waals surface area contributed by atoms with Crippen molar-refractivity contribution in [3.63, 3.8) is 0 Å². The number of amides is 1. The van der Waals surface area contributed by atoms with Crippen LogP contribution < -0.4 is 10.6 Å². The Kier molecular flexibility index (Phi) is 4.46. The fourth-order valence-electron chi connectivity index (χ4n) is 2.14. The first-order valence-corrected chi connectivity index (χ1v) is 6.41. The molecular weight excluding hydrogens is 246 g/mol. The number of nitro benzene ring substituents is 1. The van der Waals surface area contributed by atoms with Gasteiger partial charge in [-0.15, -0.1) is 0 Å². The molecule has 0 saturated carbocycles. The maximum atomic E-state index is 11.5. The summed E-state index contributed by atoms with van der Waals surface area (Å²) in [5.41, 5.74) is 1.12. The van der Waals surface area contributed by atoms with Crippen molar-refractivity contribution in [2.45, 2.75) is 25.3 Å². The zero-order valence-electron chi connectivity index (χ0n) is 10.6. The minimum Gasteiger partial charge on any atom is -0.355 e. The molecule has 19 heavy (non-hydrogen) atoms. The van der Waals surface area contributed by atoms with E-state index in [2.05, 4.69) is 10.6 Å². The van der Waals surface area contributed by atoms with E-state index in [1.54, 1.807) is 12.1 Å².